The lowest BCUT2D eigenvalue weighted by Crippen LogP contribution is -2.45. The average Bonchev–Trinajstić information content (AvgIpc) is 3.28. The molecule has 0 rings (SSSR count). The highest BCUT2D eigenvalue weighted by Crippen LogP contribution is 2.18. The van der Waals surface area contributed by atoms with E-state index in [1.54, 1.807) is 0 Å². The molecular weight excluding hydrogens is 779 g/mol. The molecule has 2 unspecified atom stereocenters. The minimum atomic E-state index is -0.667. The maximum absolute atomic E-state index is 12.5. The predicted octanol–water partition coefficient (Wildman–Crippen LogP) is 17.5. The highest BCUT2D eigenvalue weighted by molar-refractivity contribution is 5.76. The van der Waals surface area contributed by atoms with Crippen LogP contribution in [0.2, 0.25) is 0 Å². The molecule has 0 radical (unpaired) electrons. The molecule has 63 heavy (non-hydrogen) atoms. The molecule has 0 aliphatic heterocycles. The Bertz CT molecular complexity index is 898. The van der Waals surface area contributed by atoms with Gasteiger partial charge in [-0.25, -0.2) is 0 Å². The molecule has 0 aliphatic rings. The van der Waals surface area contributed by atoms with Crippen LogP contribution in [0.5, 0.6) is 0 Å². The molecule has 0 spiro atoms. The molecule has 0 aromatic heterocycles. The molecule has 6 heteroatoms. The van der Waals surface area contributed by atoms with Crippen LogP contribution in [0.15, 0.2) is 0 Å². The van der Waals surface area contributed by atoms with Crippen molar-refractivity contribution in [2.24, 2.45) is 0 Å². The number of aliphatic hydroxyl groups excluding tert-OH is 2. The van der Waals surface area contributed by atoms with Crippen molar-refractivity contribution < 1.29 is 24.5 Å². The van der Waals surface area contributed by atoms with E-state index in [9.17, 15) is 19.8 Å². The SMILES string of the molecule is CCCCCCCCCCCCCCCCCCC(O)C(CO)NC(=O)CCCCCCCCCCCCCCCCCCOC(=O)CCCCCCCCCCCCCCCC. The lowest BCUT2D eigenvalue weighted by Gasteiger charge is -2.22. The van der Waals surface area contributed by atoms with Crippen LogP contribution in [-0.4, -0.2) is 47.4 Å². The van der Waals surface area contributed by atoms with Gasteiger partial charge in [0.05, 0.1) is 25.4 Å². The maximum atomic E-state index is 12.5. The molecule has 0 aromatic carbocycles. The standard InChI is InChI=1S/C57H113NO5/c1-3-5-7-9-11-13-15-17-19-22-25-29-33-37-41-45-49-55(60)54(53-59)58-56(61)50-46-42-38-34-30-26-23-20-21-24-28-32-36-40-44-48-52-63-57(62)51-47-43-39-35-31-27-18-16-14-12-10-8-6-4-2/h54-55,59-60H,3-53H2,1-2H3,(H,58,61). The first-order chi connectivity index (χ1) is 31.0. The third-order valence-electron chi connectivity index (χ3n) is 13.7. The molecule has 0 fully saturated rings. The van der Waals surface area contributed by atoms with Crippen molar-refractivity contribution in [2.75, 3.05) is 13.2 Å². The third kappa shape index (κ3) is 50.1. The van der Waals surface area contributed by atoms with E-state index in [1.165, 1.54) is 257 Å². The highest BCUT2D eigenvalue weighted by Gasteiger charge is 2.20. The van der Waals surface area contributed by atoms with E-state index in [4.69, 9.17) is 4.74 Å². The fraction of sp³-hybridized carbons (Fsp3) is 0.965. The molecule has 0 aromatic rings. The number of rotatable bonds is 54. The van der Waals surface area contributed by atoms with Gasteiger partial charge >= 0.3 is 5.97 Å². The van der Waals surface area contributed by atoms with Crippen molar-refractivity contribution in [3.63, 3.8) is 0 Å². The van der Waals surface area contributed by atoms with E-state index >= 15 is 0 Å². The first kappa shape index (κ1) is 61.9. The predicted molar refractivity (Wildman–Crippen MR) is 274 cm³/mol. The van der Waals surface area contributed by atoms with E-state index < -0.39 is 12.1 Å². The summed E-state index contributed by atoms with van der Waals surface area (Å²) in [6.07, 6.45) is 60.8. The highest BCUT2D eigenvalue weighted by atomic mass is 16.5. The van der Waals surface area contributed by atoms with Gasteiger partial charge in [-0.3, -0.25) is 9.59 Å². The smallest absolute Gasteiger partial charge is 0.305 e. The van der Waals surface area contributed by atoms with E-state index in [1.807, 2.05) is 0 Å². The summed E-state index contributed by atoms with van der Waals surface area (Å²) >= 11 is 0. The van der Waals surface area contributed by atoms with Gasteiger partial charge in [-0.1, -0.05) is 290 Å². The fourth-order valence-corrected chi connectivity index (χ4v) is 9.23. The minimum absolute atomic E-state index is 0.00642. The zero-order valence-electron chi connectivity index (χ0n) is 42.8. The van der Waals surface area contributed by atoms with Gasteiger partial charge in [-0.15, -0.1) is 0 Å². The number of ether oxygens (including phenoxy) is 1. The number of hydrogen-bond donors (Lipinski definition) is 3. The Hall–Kier alpha value is -1.14. The largest absolute Gasteiger partial charge is 0.466 e. The number of amides is 1. The Morgan fingerprint density at radius 2 is 0.651 bits per heavy atom. The summed E-state index contributed by atoms with van der Waals surface area (Å²) in [6, 6.07) is -0.545. The molecule has 0 saturated carbocycles. The third-order valence-corrected chi connectivity index (χ3v) is 13.7. The molecule has 3 N–H and O–H groups in total. The zero-order chi connectivity index (χ0) is 45.8. The number of carbonyl (C=O) groups excluding carboxylic acids is 2. The van der Waals surface area contributed by atoms with E-state index in [0.29, 0.717) is 25.9 Å². The van der Waals surface area contributed by atoms with Crippen LogP contribution >= 0.6 is 0 Å². The van der Waals surface area contributed by atoms with Crippen LogP contribution in [0.1, 0.15) is 328 Å². The summed E-state index contributed by atoms with van der Waals surface area (Å²) in [5.41, 5.74) is 0. The van der Waals surface area contributed by atoms with Crippen LogP contribution in [0.4, 0.5) is 0 Å². The number of aliphatic hydroxyl groups is 2. The fourth-order valence-electron chi connectivity index (χ4n) is 9.23. The monoisotopic (exact) mass is 892 g/mol. The van der Waals surface area contributed by atoms with Crippen molar-refractivity contribution >= 4 is 11.9 Å². The van der Waals surface area contributed by atoms with E-state index in [0.717, 1.165) is 38.5 Å². The van der Waals surface area contributed by atoms with E-state index in [-0.39, 0.29) is 18.5 Å². The van der Waals surface area contributed by atoms with Gasteiger partial charge in [0.1, 0.15) is 0 Å². The molecule has 0 bridgehead atoms. The second-order valence-electron chi connectivity index (χ2n) is 20.0. The molecular formula is C57H113NO5. The molecule has 376 valence electrons. The zero-order valence-corrected chi connectivity index (χ0v) is 42.8. The average molecular weight is 893 g/mol. The molecule has 0 heterocycles. The first-order valence-corrected chi connectivity index (χ1v) is 28.8. The number of hydrogen-bond acceptors (Lipinski definition) is 5. The van der Waals surface area contributed by atoms with Crippen LogP contribution in [-0.2, 0) is 14.3 Å². The van der Waals surface area contributed by atoms with Crippen molar-refractivity contribution in [3.05, 3.63) is 0 Å². The molecule has 6 nitrogen and oxygen atoms in total. The molecule has 0 aliphatic carbocycles. The van der Waals surface area contributed by atoms with E-state index in [2.05, 4.69) is 19.2 Å². The Morgan fingerprint density at radius 3 is 0.968 bits per heavy atom. The summed E-state index contributed by atoms with van der Waals surface area (Å²) in [5.74, 6) is -0.0322. The minimum Gasteiger partial charge on any atom is -0.466 e. The summed E-state index contributed by atoms with van der Waals surface area (Å²) in [4.78, 5) is 24.5. The van der Waals surface area contributed by atoms with Gasteiger partial charge in [0.25, 0.3) is 0 Å². The number of unbranched alkanes of at least 4 members (excludes halogenated alkanes) is 43. The molecule has 1 amide bonds. The molecule has 2 atom stereocenters. The van der Waals surface area contributed by atoms with Gasteiger partial charge < -0.3 is 20.3 Å². The van der Waals surface area contributed by atoms with Gasteiger partial charge in [-0.05, 0) is 25.7 Å². The Morgan fingerprint density at radius 1 is 0.381 bits per heavy atom. The van der Waals surface area contributed by atoms with Crippen LogP contribution < -0.4 is 5.32 Å². The normalized spacial score (nSPS) is 12.5. The van der Waals surface area contributed by atoms with Crippen molar-refractivity contribution in [3.8, 4) is 0 Å². The van der Waals surface area contributed by atoms with Gasteiger partial charge in [0.15, 0.2) is 0 Å². The Labute approximate surface area is 394 Å². The first-order valence-electron chi connectivity index (χ1n) is 28.8. The van der Waals surface area contributed by atoms with Crippen molar-refractivity contribution in [2.45, 2.75) is 341 Å². The number of esters is 1. The van der Waals surface area contributed by atoms with Gasteiger partial charge in [0, 0.05) is 12.8 Å². The van der Waals surface area contributed by atoms with Crippen LogP contribution in [0.3, 0.4) is 0 Å². The lowest BCUT2D eigenvalue weighted by atomic mass is 10.0. The summed E-state index contributed by atoms with van der Waals surface area (Å²) in [6.45, 7) is 4.97. The maximum Gasteiger partial charge on any atom is 0.305 e. The summed E-state index contributed by atoms with van der Waals surface area (Å²) in [7, 11) is 0. The van der Waals surface area contributed by atoms with Crippen molar-refractivity contribution in [1.82, 2.24) is 5.32 Å². The second-order valence-corrected chi connectivity index (χ2v) is 20.0. The number of carbonyl (C=O) groups is 2. The Balaban J connectivity index is 3.40. The topological polar surface area (TPSA) is 95.9 Å². The molecule has 0 saturated heterocycles. The lowest BCUT2D eigenvalue weighted by molar-refractivity contribution is -0.143. The Kier molecular flexibility index (Phi) is 52.5. The number of nitrogens with one attached hydrogen (secondary N) is 1. The van der Waals surface area contributed by atoms with Gasteiger partial charge in [-0.2, -0.15) is 0 Å². The van der Waals surface area contributed by atoms with Crippen LogP contribution in [0.25, 0.3) is 0 Å². The van der Waals surface area contributed by atoms with Gasteiger partial charge in [0.2, 0.25) is 5.91 Å². The van der Waals surface area contributed by atoms with Crippen molar-refractivity contribution in [1.29, 1.82) is 0 Å². The van der Waals surface area contributed by atoms with Crippen LogP contribution in [0, 0.1) is 0 Å². The quantitative estimate of drug-likeness (QED) is 0.0418. The summed E-state index contributed by atoms with van der Waals surface area (Å²) in [5, 5.41) is 23.3. The second kappa shape index (κ2) is 53.5. The summed E-state index contributed by atoms with van der Waals surface area (Å²) < 4.78 is 5.48.